The van der Waals surface area contributed by atoms with Gasteiger partial charge in [-0.1, -0.05) is 43.3 Å². The normalized spacial score (nSPS) is 22.8. The summed E-state index contributed by atoms with van der Waals surface area (Å²) in [5.41, 5.74) is 4.39. The average Bonchev–Trinajstić information content (AvgIpc) is 3.29. The van der Waals surface area contributed by atoms with Gasteiger partial charge in [-0.15, -0.1) is 0 Å². The van der Waals surface area contributed by atoms with Crippen molar-refractivity contribution in [1.29, 1.82) is 0 Å². The summed E-state index contributed by atoms with van der Waals surface area (Å²) in [7, 11) is 1.98. The highest BCUT2D eigenvalue weighted by Gasteiger charge is 2.38. The number of benzene rings is 3. The molecule has 1 aliphatic carbocycles. The number of aromatic nitrogens is 2. The molecule has 1 saturated heterocycles. The number of hydrogen-bond donors (Lipinski definition) is 1. The van der Waals surface area contributed by atoms with Crippen LogP contribution < -0.4 is 5.32 Å². The van der Waals surface area contributed by atoms with Gasteiger partial charge in [0.2, 0.25) is 5.91 Å². The van der Waals surface area contributed by atoms with Crippen molar-refractivity contribution in [1.82, 2.24) is 14.5 Å². The number of carbonyl (C=O) groups excluding carboxylic acids is 1. The predicted molar refractivity (Wildman–Crippen MR) is 166 cm³/mol. The Morgan fingerprint density at radius 2 is 1.71 bits per heavy atom. The predicted octanol–water partition coefficient (Wildman–Crippen LogP) is 8.19. The molecule has 4 aromatic rings. The van der Waals surface area contributed by atoms with Crippen LogP contribution in [0.3, 0.4) is 0 Å². The van der Waals surface area contributed by atoms with Crippen LogP contribution in [0, 0.1) is 24.6 Å². The quantitative estimate of drug-likeness (QED) is 0.229. The highest BCUT2D eigenvalue weighted by atomic mass is 19.4. The Balaban J connectivity index is 1.29. The first kappa shape index (κ1) is 31.0. The highest BCUT2D eigenvalue weighted by molar-refractivity contribution is 5.95. The second kappa shape index (κ2) is 12.0. The third-order valence-corrected chi connectivity index (χ3v) is 9.37. The fraction of sp³-hybridized carbons (Fsp3) is 0.371. The molecule has 0 saturated carbocycles. The minimum Gasteiger partial charge on any atom is -0.331 e. The van der Waals surface area contributed by atoms with E-state index in [-0.39, 0.29) is 24.2 Å². The number of aryl methyl sites for hydroxylation is 2. The topological polar surface area (TPSA) is 50.2 Å². The lowest BCUT2D eigenvalue weighted by Gasteiger charge is -2.41. The van der Waals surface area contributed by atoms with Crippen molar-refractivity contribution in [3.63, 3.8) is 0 Å². The lowest BCUT2D eigenvalue weighted by atomic mass is 9.74. The smallest absolute Gasteiger partial charge is 0.331 e. The Labute approximate surface area is 258 Å². The van der Waals surface area contributed by atoms with Crippen LogP contribution in [0.25, 0.3) is 27.7 Å². The molecule has 0 bridgehead atoms. The summed E-state index contributed by atoms with van der Waals surface area (Å²) in [6, 6.07) is 16.1. The molecule has 1 fully saturated rings. The number of imidazole rings is 1. The number of rotatable bonds is 5. The average molecular weight is 623 g/mol. The number of alkyl halides is 4. The van der Waals surface area contributed by atoms with E-state index in [4.69, 9.17) is 0 Å². The summed E-state index contributed by atoms with van der Waals surface area (Å²) in [4.78, 5) is 20.3. The maximum atomic E-state index is 14.7. The lowest BCUT2D eigenvalue weighted by Crippen LogP contribution is -2.47. The minimum atomic E-state index is -4.70. The van der Waals surface area contributed by atoms with Crippen LogP contribution in [0.2, 0.25) is 0 Å². The zero-order valence-corrected chi connectivity index (χ0v) is 25.3. The van der Waals surface area contributed by atoms with Crippen LogP contribution in [0.4, 0.5) is 27.6 Å². The zero-order valence-electron chi connectivity index (χ0n) is 25.3. The summed E-state index contributed by atoms with van der Waals surface area (Å²) < 4.78 is 70.3. The van der Waals surface area contributed by atoms with E-state index in [1.165, 1.54) is 0 Å². The zero-order chi connectivity index (χ0) is 32.0. The van der Waals surface area contributed by atoms with E-state index in [0.717, 1.165) is 51.3 Å². The maximum Gasteiger partial charge on any atom is 0.416 e. The third-order valence-electron chi connectivity index (χ3n) is 9.37. The number of likely N-dealkylation sites (tertiary alicyclic amines) is 1. The molecule has 1 aromatic heterocycles. The number of fused-ring (bicyclic) bond motifs is 1. The van der Waals surface area contributed by atoms with Crippen LogP contribution in [-0.4, -0.2) is 45.7 Å². The van der Waals surface area contributed by atoms with Crippen molar-refractivity contribution in [2.45, 2.75) is 51.5 Å². The van der Waals surface area contributed by atoms with Crippen molar-refractivity contribution in [3.8, 4) is 11.1 Å². The molecule has 1 aliphatic heterocycles. The van der Waals surface area contributed by atoms with Gasteiger partial charge in [0.1, 0.15) is 17.8 Å². The fourth-order valence-corrected chi connectivity index (χ4v) is 6.68. The number of anilines is 1. The van der Waals surface area contributed by atoms with Crippen molar-refractivity contribution in [2.75, 3.05) is 18.4 Å². The first-order chi connectivity index (χ1) is 21.4. The summed E-state index contributed by atoms with van der Waals surface area (Å²) in [5, 5.41) is 2.54. The molecular weight excluding hydrogens is 587 g/mol. The number of halogens is 5. The monoisotopic (exact) mass is 622 g/mol. The summed E-state index contributed by atoms with van der Waals surface area (Å²) in [5.74, 6) is -1.62. The van der Waals surface area contributed by atoms with Crippen molar-refractivity contribution < 1.29 is 26.7 Å². The summed E-state index contributed by atoms with van der Waals surface area (Å²) in [6.45, 7) is 4.85. The van der Waals surface area contributed by atoms with Crippen LogP contribution in [0.15, 0.2) is 66.7 Å². The molecule has 10 heteroatoms. The number of carbonyl (C=O) groups is 1. The molecule has 1 amide bonds. The number of allylic oxidation sites excluding steroid dienone is 1. The molecule has 2 aliphatic rings. The minimum absolute atomic E-state index is 0.225. The lowest BCUT2D eigenvalue weighted by molar-refractivity contribution is -0.137. The Morgan fingerprint density at radius 3 is 2.40 bits per heavy atom. The molecule has 0 spiro atoms. The van der Waals surface area contributed by atoms with Gasteiger partial charge < -0.3 is 9.88 Å². The molecule has 3 aromatic carbocycles. The number of piperidine rings is 1. The molecule has 4 atom stereocenters. The number of nitrogens with zero attached hydrogens (tertiary/aromatic N) is 3. The molecule has 1 N–H and O–H groups in total. The SMILES string of the molecule is Cc1nc2cc(-c3ccc(C4=CC(N5CCCC(F)C5)CC(C(=O)Nc5ccc(C(F)(F)F)cc5F)[C@@H]4C)cc3)ccc2n1C. The maximum absolute atomic E-state index is 14.7. The van der Waals surface area contributed by atoms with Gasteiger partial charge in [-0.2, -0.15) is 13.2 Å². The number of hydrogen-bond acceptors (Lipinski definition) is 3. The summed E-state index contributed by atoms with van der Waals surface area (Å²) >= 11 is 0. The van der Waals surface area contributed by atoms with Gasteiger partial charge in [0, 0.05) is 25.6 Å². The molecule has 236 valence electrons. The van der Waals surface area contributed by atoms with E-state index < -0.39 is 35.6 Å². The van der Waals surface area contributed by atoms with E-state index in [0.29, 0.717) is 31.9 Å². The highest BCUT2D eigenvalue weighted by Crippen LogP contribution is 2.40. The third kappa shape index (κ3) is 6.25. The number of amides is 1. The molecule has 45 heavy (non-hydrogen) atoms. The Hall–Kier alpha value is -4.05. The van der Waals surface area contributed by atoms with Gasteiger partial charge in [-0.25, -0.2) is 13.8 Å². The molecule has 6 rings (SSSR count). The van der Waals surface area contributed by atoms with E-state index >= 15 is 0 Å². The van der Waals surface area contributed by atoms with Crippen LogP contribution in [-0.2, 0) is 18.0 Å². The molecular formula is C35H35F5N4O. The molecule has 2 heterocycles. The molecule has 0 radical (unpaired) electrons. The van der Waals surface area contributed by atoms with Crippen LogP contribution in [0.1, 0.15) is 43.1 Å². The van der Waals surface area contributed by atoms with Crippen molar-refractivity contribution in [3.05, 3.63) is 89.5 Å². The Morgan fingerprint density at radius 1 is 1.00 bits per heavy atom. The fourth-order valence-electron chi connectivity index (χ4n) is 6.68. The molecule has 3 unspecified atom stereocenters. The van der Waals surface area contributed by atoms with E-state index in [1.807, 2.05) is 55.8 Å². The van der Waals surface area contributed by atoms with E-state index in [9.17, 15) is 26.7 Å². The van der Waals surface area contributed by atoms with E-state index in [2.05, 4.69) is 33.4 Å². The van der Waals surface area contributed by atoms with Gasteiger partial charge in [-0.3, -0.25) is 9.69 Å². The largest absolute Gasteiger partial charge is 0.416 e. The molecule has 5 nitrogen and oxygen atoms in total. The van der Waals surface area contributed by atoms with E-state index in [1.54, 1.807) is 0 Å². The second-order valence-corrected chi connectivity index (χ2v) is 12.2. The first-order valence-corrected chi connectivity index (χ1v) is 15.2. The number of nitrogens with one attached hydrogen (secondary N) is 1. The van der Waals surface area contributed by atoms with Gasteiger partial charge in [0.05, 0.1) is 22.3 Å². The van der Waals surface area contributed by atoms with Gasteiger partial charge >= 0.3 is 6.18 Å². The van der Waals surface area contributed by atoms with Crippen molar-refractivity contribution in [2.24, 2.45) is 18.9 Å². The van der Waals surface area contributed by atoms with Gasteiger partial charge in [0.15, 0.2) is 0 Å². The standard InChI is InChI=1S/C35H35F5N4O/c1-20-28(23-8-6-22(7-9-23)24-10-13-33-32(15-24)41-21(2)43(33)3)17-27(44-14-4-5-26(36)19-44)18-29(20)34(45)42-31-12-11-25(16-30(31)37)35(38,39)40/h6-13,15-17,20,26-27,29H,4-5,14,18-19H2,1-3H3,(H,42,45)/t20-,26?,27?,29?/m1/s1. The van der Waals surface area contributed by atoms with Gasteiger partial charge in [0.25, 0.3) is 0 Å². The Bertz CT molecular complexity index is 1760. The van der Waals surface area contributed by atoms with Gasteiger partial charge in [-0.05, 0) is 91.2 Å². The van der Waals surface area contributed by atoms with Crippen LogP contribution >= 0.6 is 0 Å². The second-order valence-electron chi connectivity index (χ2n) is 12.2. The first-order valence-electron chi connectivity index (χ1n) is 15.2. The Kier molecular flexibility index (Phi) is 8.28. The van der Waals surface area contributed by atoms with Crippen molar-refractivity contribution >= 4 is 28.2 Å². The summed E-state index contributed by atoms with van der Waals surface area (Å²) in [6.07, 6.45) is -1.95. The van der Waals surface area contributed by atoms with Crippen LogP contribution in [0.5, 0.6) is 0 Å².